The predicted octanol–water partition coefficient (Wildman–Crippen LogP) is 1.49. The van der Waals surface area contributed by atoms with Gasteiger partial charge < -0.3 is 5.11 Å². The summed E-state index contributed by atoms with van der Waals surface area (Å²) in [4.78, 5) is 0. The lowest BCUT2D eigenvalue weighted by atomic mass is 9.76. The van der Waals surface area contributed by atoms with E-state index in [1.165, 1.54) is 10.5 Å². The van der Waals surface area contributed by atoms with Crippen LogP contribution in [0.25, 0.3) is 0 Å². The molecule has 2 rings (SSSR count). The molecule has 6 nitrogen and oxygen atoms in total. The molecule has 20 heavy (non-hydrogen) atoms. The number of aliphatic hydroxyl groups is 1. The van der Waals surface area contributed by atoms with E-state index in [2.05, 4.69) is 24.0 Å². The highest BCUT2D eigenvalue weighted by Crippen LogP contribution is 2.37. The minimum atomic E-state index is -3.62. The van der Waals surface area contributed by atoms with E-state index in [-0.39, 0.29) is 17.7 Å². The second kappa shape index (κ2) is 5.46. The highest BCUT2D eigenvalue weighted by Gasteiger charge is 2.35. The molecule has 0 unspecified atom stereocenters. The summed E-state index contributed by atoms with van der Waals surface area (Å²) in [6, 6.07) is 0.0165. The molecule has 0 aromatic carbocycles. The van der Waals surface area contributed by atoms with Crippen LogP contribution in [-0.2, 0) is 16.6 Å². The zero-order chi connectivity index (χ0) is 15.0. The third-order valence-electron chi connectivity index (χ3n) is 4.31. The minimum Gasteiger partial charge on any atom is -0.392 e. The van der Waals surface area contributed by atoms with Crippen LogP contribution in [0.5, 0.6) is 0 Å². The van der Waals surface area contributed by atoms with Crippen molar-refractivity contribution in [1.29, 1.82) is 0 Å². The summed E-state index contributed by atoms with van der Waals surface area (Å²) in [5.41, 5.74) is 0.610. The number of nitrogens with zero attached hydrogens (tertiary/aromatic N) is 2. The number of H-pyrrole nitrogens is 1. The van der Waals surface area contributed by atoms with Gasteiger partial charge in [-0.1, -0.05) is 13.8 Å². The highest BCUT2D eigenvalue weighted by molar-refractivity contribution is 7.89. The number of aromatic nitrogens is 2. The van der Waals surface area contributed by atoms with Crippen molar-refractivity contribution in [3.8, 4) is 0 Å². The monoisotopic (exact) mass is 301 g/mol. The molecule has 1 aliphatic carbocycles. The molecule has 0 saturated heterocycles. The maximum Gasteiger partial charge on any atom is 0.260 e. The summed E-state index contributed by atoms with van der Waals surface area (Å²) < 4.78 is 26.6. The molecule has 0 amide bonds. The van der Waals surface area contributed by atoms with Gasteiger partial charge in [-0.15, -0.1) is 0 Å². The summed E-state index contributed by atoms with van der Waals surface area (Å²) in [6.45, 7) is 4.10. The normalized spacial score (nSPS) is 20.4. The Kier molecular flexibility index (Phi) is 4.22. The third kappa shape index (κ3) is 2.89. The van der Waals surface area contributed by atoms with Crippen molar-refractivity contribution in [3.63, 3.8) is 0 Å². The Morgan fingerprint density at radius 3 is 2.60 bits per heavy atom. The van der Waals surface area contributed by atoms with E-state index in [9.17, 15) is 13.5 Å². The molecule has 1 heterocycles. The Labute approximate surface area is 120 Å². The van der Waals surface area contributed by atoms with Gasteiger partial charge in [0.15, 0.2) is 5.03 Å². The number of nitrogens with one attached hydrogen (secondary N) is 1. The first-order chi connectivity index (χ1) is 9.28. The van der Waals surface area contributed by atoms with Crippen LogP contribution in [0.3, 0.4) is 0 Å². The first kappa shape index (κ1) is 15.5. The Morgan fingerprint density at radius 2 is 2.05 bits per heavy atom. The van der Waals surface area contributed by atoms with Gasteiger partial charge in [0.1, 0.15) is 0 Å². The number of hydrogen-bond donors (Lipinski definition) is 2. The smallest absolute Gasteiger partial charge is 0.260 e. The lowest BCUT2D eigenvalue weighted by molar-refractivity contribution is 0.173. The maximum absolute atomic E-state index is 12.6. The Bertz CT molecular complexity index is 555. The van der Waals surface area contributed by atoms with Gasteiger partial charge in [0.05, 0.1) is 12.8 Å². The number of aliphatic hydroxyl groups excluding tert-OH is 1. The van der Waals surface area contributed by atoms with Crippen LogP contribution >= 0.6 is 0 Å². The average molecular weight is 301 g/mol. The predicted molar refractivity (Wildman–Crippen MR) is 75.5 cm³/mol. The lowest BCUT2D eigenvalue weighted by Crippen LogP contribution is -2.41. The quantitative estimate of drug-likeness (QED) is 0.882. The molecule has 1 aliphatic rings. The van der Waals surface area contributed by atoms with E-state index in [1.54, 1.807) is 7.05 Å². The molecule has 2 N–H and O–H groups in total. The highest BCUT2D eigenvalue weighted by atomic mass is 32.2. The summed E-state index contributed by atoms with van der Waals surface area (Å²) in [7, 11) is -2.01. The summed E-state index contributed by atoms with van der Waals surface area (Å²) in [6.07, 6.45) is 5.13. The number of aromatic amines is 1. The van der Waals surface area contributed by atoms with E-state index >= 15 is 0 Å². The summed E-state index contributed by atoms with van der Waals surface area (Å²) >= 11 is 0. The molecule has 1 fully saturated rings. The molecule has 1 aromatic heterocycles. The van der Waals surface area contributed by atoms with Crippen molar-refractivity contribution in [2.24, 2.45) is 5.41 Å². The van der Waals surface area contributed by atoms with Crippen LogP contribution in [0.15, 0.2) is 11.2 Å². The molecule has 0 radical (unpaired) electrons. The van der Waals surface area contributed by atoms with E-state index in [0.717, 1.165) is 25.7 Å². The van der Waals surface area contributed by atoms with Crippen molar-refractivity contribution in [2.45, 2.75) is 57.2 Å². The van der Waals surface area contributed by atoms with Crippen LogP contribution in [0.2, 0.25) is 0 Å². The third-order valence-corrected chi connectivity index (χ3v) is 6.23. The fourth-order valence-electron chi connectivity index (χ4n) is 2.72. The van der Waals surface area contributed by atoms with Crippen LogP contribution in [0, 0.1) is 5.41 Å². The summed E-state index contributed by atoms with van der Waals surface area (Å²) in [5.74, 6) is 0. The molecule has 0 spiro atoms. The van der Waals surface area contributed by atoms with Gasteiger partial charge in [0.2, 0.25) is 0 Å². The first-order valence-corrected chi connectivity index (χ1v) is 8.33. The molecular weight excluding hydrogens is 278 g/mol. The fourth-order valence-corrected chi connectivity index (χ4v) is 4.23. The van der Waals surface area contributed by atoms with Crippen molar-refractivity contribution >= 4 is 10.0 Å². The molecule has 0 bridgehead atoms. The van der Waals surface area contributed by atoms with Gasteiger partial charge >= 0.3 is 0 Å². The summed E-state index contributed by atoms with van der Waals surface area (Å²) in [5, 5.41) is 15.4. The Hall–Kier alpha value is -0.920. The fraction of sp³-hybridized carbons (Fsp3) is 0.769. The zero-order valence-corrected chi connectivity index (χ0v) is 13.1. The second-order valence-electron chi connectivity index (χ2n) is 6.30. The van der Waals surface area contributed by atoms with Crippen molar-refractivity contribution < 1.29 is 13.5 Å². The lowest BCUT2D eigenvalue weighted by Gasteiger charge is -2.37. The first-order valence-electron chi connectivity index (χ1n) is 6.89. The van der Waals surface area contributed by atoms with Gasteiger partial charge in [-0.2, -0.15) is 9.40 Å². The van der Waals surface area contributed by atoms with Gasteiger partial charge in [0.25, 0.3) is 10.0 Å². The van der Waals surface area contributed by atoms with Crippen LogP contribution in [-0.4, -0.2) is 41.1 Å². The number of hydrogen-bond acceptors (Lipinski definition) is 4. The van der Waals surface area contributed by atoms with Crippen LogP contribution < -0.4 is 0 Å². The standard InChI is InChI=1S/C13H23N3O3S/c1-13(2)6-4-11(5-7-13)16(3)20(18,19)12-10(9-17)8-14-15-12/h8,11,17H,4-7,9H2,1-3H3,(H,14,15). The molecular formula is C13H23N3O3S. The van der Waals surface area contributed by atoms with Crippen molar-refractivity contribution in [1.82, 2.24) is 14.5 Å². The second-order valence-corrected chi connectivity index (χ2v) is 8.23. The number of sulfonamides is 1. The Balaban J connectivity index is 2.18. The van der Waals surface area contributed by atoms with Crippen molar-refractivity contribution in [3.05, 3.63) is 11.8 Å². The molecule has 7 heteroatoms. The molecule has 0 atom stereocenters. The Morgan fingerprint density at radius 1 is 1.45 bits per heavy atom. The van der Waals surface area contributed by atoms with Gasteiger partial charge in [-0.3, -0.25) is 5.10 Å². The molecule has 1 aromatic rings. The van der Waals surface area contributed by atoms with Gasteiger partial charge in [-0.05, 0) is 31.1 Å². The van der Waals surface area contributed by atoms with Crippen LogP contribution in [0.4, 0.5) is 0 Å². The van der Waals surface area contributed by atoms with Gasteiger partial charge in [0, 0.05) is 18.7 Å². The minimum absolute atomic E-state index is 0.00679. The largest absolute Gasteiger partial charge is 0.392 e. The van der Waals surface area contributed by atoms with Crippen LogP contribution in [0.1, 0.15) is 45.1 Å². The SMILES string of the molecule is CN(C1CCC(C)(C)CC1)S(=O)(=O)c1[nH]ncc1CO. The van der Waals surface area contributed by atoms with Crippen molar-refractivity contribution in [2.75, 3.05) is 7.05 Å². The molecule has 1 saturated carbocycles. The molecule has 114 valence electrons. The molecule has 0 aliphatic heterocycles. The van der Waals surface area contributed by atoms with E-state index in [1.807, 2.05) is 0 Å². The zero-order valence-electron chi connectivity index (χ0n) is 12.3. The van der Waals surface area contributed by atoms with Gasteiger partial charge in [-0.25, -0.2) is 8.42 Å². The average Bonchev–Trinajstić information content (AvgIpc) is 2.87. The van der Waals surface area contributed by atoms with E-state index < -0.39 is 10.0 Å². The topological polar surface area (TPSA) is 86.3 Å². The van der Waals surface area contributed by atoms with E-state index in [4.69, 9.17) is 0 Å². The maximum atomic E-state index is 12.6. The number of rotatable bonds is 4. The van der Waals surface area contributed by atoms with E-state index in [0.29, 0.717) is 11.0 Å².